The van der Waals surface area contributed by atoms with Crippen LogP contribution in [0.25, 0.3) is 0 Å². The highest BCUT2D eigenvalue weighted by Crippen LogP contribution is 2.40. The van der Waals surface area contributed by atoms with E-state index in [1.807, 2.05) is 60.7 Å². The average Bonchev–Trinajstić information content (AvgIpc) is 3.20. The van der Waals surface area contributed by atoms with Crippen LogP contribution in [0.2, 0.25) is 0 Å². The second-order valence-corrected chi connectivity index (χ2v) is 8.34. The summed E-state index contributed by atoms with van der Waals surface area (Å²) in [7, 11) is -3.53. The summed E-state index contributed by atoms with van der Waals surface area (Å²) in [6.07, 6.45) is 1.06. The smallest absolute Gasteiger partial charge is 0.223 e. The van der Waals surface area contributed by atoms with Crippen LogP contribution in [0.5, 0.6) is 0 Å². The van der Waals surface area contributed by atoms with Gasteiger partial charge in [0.2, 0.25) is 5.79 Å². The molecule has 0 aliphatic carbocycles. The lowest BCUT2D eigenvalue weighted by Crippen LogP contribution is -2.29. The Balaban J connectivity index is 1.63. The zero-order valence-electron chi connectivity index (χ0n) is 15.1. The average molecular weight is 392 g/mol. The molecule has 1 fully saturated rings. The summed E-state index contributed by atoms with van der Waals surface area (Å²) in [5.41, 5.74) is 1.73. The first-order valence-electron chi connectivity index (χ1n) is 9.01. The lowest BCUT2D eigenvalue weighted by molar-refractivity contribution is -0.137. The molecule has 0 spiro atoms. The van der Waals surface area contributed by atoms with Gasteiger partial charge in [0, 0.05) is 16.5 Å². The van der Waals surface area contributed by atoms with E-state index in [2.05, 4.69) is 0 Å². The first-order valence-corrected chi connectivity index (χ1v) is 10.6. The lowest BCUT2D eigenvalue weighted by Gasteiger charge is -2.28. The van der Waals surface area contributed by atoms with Crippen LogP contribution in [0.4, 0.5) is 0 Å². The molecule has 0 aromatic heterocycles. The Morgan fingerprint density at radius 1 is 0.786 bits per heavy atom. The van der Waals surface area contributed by atoms with Crippen molar-refractivity contribution < 1.29 is 17.9 Å². The fourth-order valence-electron chi connectivity index (χ4n) is 3.24. The van der Waals surface area contributed by atoms with Gasteiger partial charge < -0.3 is 9.47 Å². The summed E-state index contributed by atoms with van der Waals surface area (Å²) in [6, 6.07) is 27.7. The number of rotatable bonds is 5. The molecular weight excluding hydrogens is 372 g/mol. The standard InChI is InChI=1S/C23H20O4S/c24-28(25,22-14-8-3-9-15-22)17-16-21-18-26-23(27-21,19-10-4-1-5-11-19)20-12-6-2-7-13-20/h1-17,21H,18H2/b17-16-/t21-/m1/s1. The van der Waals surface area contributed by atoms with E-state index in [1.54, 1.807) is 36.4 Å². The second-order valence-electron chi connectivity index (χ2n) is 6.50. The van der Waals surface area contributed by atoms with Crippen LogP contribution in [0.1, 0.15) is 11.1 Å². The Bertz CT molecular complexity index is 1010. The quantitative estimate of drug-likeness (QED) is 0.650. The minimum absolute atomic E-state index is 0.252. The van der Waals surface area contributed by atoms with Gasteiger partial charge in [-0.15, -0.1) is 0 Å². The molecule has 4 rings (SSSR count). The Hall–Kier alpha value is -2.73. The Labute approximate surface area is 165 Å². The van der Waals surface area contributed by atoms with Crippen LogP contribution in [0.15, 0.2) is 107 Å². The van der Waals surface area contributed by atoms with Gasteiger partial charge in [-0.2, -0.15) is 0 Å². The first-order chi connectivity index (χ1) is 13.6. The monoisotopic (exact) mass is 392 g/mol. The molecule has 3 aromatic carbocycles. The van der Waals surface area contributed by atoms with Crippen molar-refractivity contribution in [1.82, 2.24) is 0 Å². The van der Waals surface area contributed by atoms with E-state index in [0.29, 0.717) is 0 Å². The number of sulfone groups is 1. The van der Waals surface area contributed by atoms with Crippen molar-refractivity contribution >= 4 is 9.84 Å². The Morgan fingerprint density at radius 3 is 1.82 bits per heavy atom. The van der Waals surface area contributed by atoms with Crippen LogP contribution in [-0.4, -0.2) is 21.1 Å². The van der Waals surface area contributed by atoms with Gasteiger partial charge in [-0.25, -0.2) is 8.42 Å². The van der Waals surface area contributed by atoms with E-state index >= 15 is 0 Å². The number of benzene rings is 3. The molecule has 0 unspecified atom stereocenters. The van der Waals surface area contributed by atoms with E-state index in [-0.39, 0.29) is 11.5 Å². The van der Waals surface area contributed by atoms with Crippen molar-refractivity contribution in [2.45, 2.75) is 16.8 Å². The molecule has 1 aliphatic heterocycles. The summed E-state index contributed by atoms with van der Waals surface area (Å²) in [5, 5.41) is 1.20. The van der Waals surface area contributed by atoms with E-state index in [1.165, 1.54) is 5.41 Å². The van der Waals surface area contributed by atoms with Gasteiger partial charge in [0.1, 0.15) is 6.10 Å². The molecule has 3 aromatic rings. The normalized spacial score (nSPS) is 19.1. The topological polar surface area (TPSA) is 52.6 Å². The van der Waals surface area contributed by atoms with E-state index in [9.17, 15) is 8.42 Å². The molecule has 1 atom stereocenters. The maximum Gasteiger partial charge on any atom is 0.223 e. The van der Waals surface area contributed by atoms with Crippen molar-refractivity contribution in [3.63, 3.8) is 0 Å². The summed E-state index contributed by atoms with van der Waals surface area (Å²) in [6.45, 7) is 0.255. The summed E-state index contributed by atoms with van der Waals surface area (Å²) < 4.78 is 37.4. The molecule has 142 valence electrons. The Kier molecular flexibility index (Phi) is 5.13. The third-order valence-electron chi connectivity index (χ3n) is 4.62. The molecule has 4 nitrogen and oxygen atoms in total. The minimum atomic E-state index is -3.53. The zero-order chi connectivity index (χ0) is 19.5. The summed E-state index contributed by atoms with van der Waals surface area (Å²) in [5.74, 6) is -1.06. The molecule has 1 heterocycles. The van der Waals surface area contributed by atoms with Gasteiger partial charge in [-0.3, -0.25) is 0 Å². The van der Waals surface area contributed by atoms with Crippen molar-refractivity contribution in [3.05, 3.63) is 114 Å². The van der Waals surface area contributed by atoms with Crippen molar-refractivity contribution in [2.24, 2.45) is 0 Å². The van der Waals surface area contributed by atoms with E-state index in [4.69, 9.17) is 9.47 Å². The molecule has 0 bridgehead atoms. The molecule has 1 aliphatic rings. The predicted octanol–water partition coefficient (Wildman–Crippen LogP) is 4.29. The molecule has 0 amide bonds. The minimum Gasteiger partial charge on any atom is -0.339 e. The fraction of sp³-hybridized carbons (Fsp3) is 0.130. The van der Waals surface area contributed by atoms with E-state index < -0.39 is 21.7 Å². The van der Waals surface area contributed by atoms with E-state index in [0.717, 1.165) is 11.1 Å². The third kappa shape index (κ3) is 3.64. The molecule has 0 saturated carbocycles. The molecule has 0 N–H and O–H groups in total. The highest BCUT2D eigenvalue weighted by Gasteiger charge is 2.44. The van der Waals surface area contributed by atoms with Gasteiger partial charge in [0.15, 0.2) is 9.84 Å². The Morgan fingerprint density at radius 2 is 1.29 bits per heavy atom. The van der Waals surface area contributed by atoms with Gasteiger partial charge in [0.25, 0.3) is 0 Å². The second kappa shape index (κ2) is 7.72. The van der Waals surface area contributed by atoms with Crippen LogP contribution < -0.4 is 0 Å². The van der Waals surface area contributed by atoms with Crippen molar-refractivity contribution in [2.75, 3.05) is 6.61 Å². The zero-order valence-corrected chi connectivity index (χ0v) is 16.0. The molecular formula is C23H20O4S. The van der Waals surface area contributed by atoms with Crippen LogP contribution >= 0.6 is 0 Å². The van der Waals surface area contributed by atoms with Crippen LogP contribution in [0.3, 0.4) is 0 Å². The summed E-state index contributed by atoms with van der Waals surface area (Å²) in [4.78, 5) is 0.252. The number of hydrogen-bond acceptors (Lipinski definition) is 4. The van der Waals surface area contributed by atoms with Crippen molar-refractivity contribution in [3.8, 4) is 0 Å². The highest BCUT2D eigenvalue weighted by atomic mass is 32.2. The number of ether oxygens (including phenoxy) is 2. The van der Waals surface area contributed by atoms with Gasteiger partial charge in [-0.1, -0.05) is 78.9 Å². The van der Waals surface area contributed by atoms with Gasteiger partial charge in [-0.05, 0) is 18.2 Å². The maximum atomic E-state index is 12.5. The predicted molar refractivity (Wildman–Crippen MR) is 107 cm³/mol. The number of hydrogen-bond donors (Lipinski definition) is 0. The van der Waals surface area contributed by atoms with Crippen LogP contribution in [0, 0.1) is 0 Å². The molecule has 5 heteroatoms. The molecule has 0 radical (unpaired) electrons. The third-order valence-corrected chi connectivity index (χ3v) is 6.06. The van der Waals surface area contributed by atoms with Crippen LogP contribution in [-0.2, 0) is 25.1 Å². The van der Waals surface area contributed by atoms with Gasteiger partial charge in [0.05, 0.1) is 11.5 Å². The van der Waals surface area contributed by atoms with Crippen molar-refractivity contribution in [1.29, 1.82) is 0 Å². The molecule has 28 heavy (non-hydrogen) atoms. The SMILES string of the molecule is O=S(=O)(/C=C\[C@@H]1COC(c2ccccc2)(c2ccccc2)O1)c1ccccc1. The molecule has 1 saturated heterocycles. The highest BCUT2D eigenvalue weighted by molar-refractivity contribution is 7.94. The largest absolute Gasteiger partial charge is 0.339 e. The van der Waals surface area contributed by atoms with Gasteiger partial charge >= 0.3 is 0 Å². The first kappa shape index (κ1) is 18.6. The maximum absolute atomic E-state index is 12.5. The fourth-order valence-corrected chi connectivity index (χ4v) is 4.32. The lowest BCUT2D eigenvalue weighted by atomic mass is 9.97. The summed E-state index contributed by atoms with van der Waals surface area (Å²) >= 11 is 0.